The van der Waals surface area contributed by atoms with Crippen LogP contribution in [0.4, 0.5) is 26.7 Å². The fraction of sp³-hybridized carbons (Fsp3) is 0.267. The molecule has 0 unspecified atom stereocenters. The summed E-state index contributed by atoms with van der Waals surface area (Å²) in [6.45, 7) is 3.70. The minimum atomic E-state index is -1.13. The number of anilines is 2. The van der Waals surface area contributed by atoms with Crippen molar-refractivity contribution in [2.24, 2.45) is 5.10 Å². The van der Waals surface area contributed by atoms with Gasteiger partial charge in [0.05, 0.1) is 16.7 Å². The third-order valence-electron chi connectivity index (χ3n) is 7.17. The molecule has 0 radical (unpaired) electrons. The van der Waals surface area contributed by atoms with Gasteiger partial charge in [-0.3, -0.25) is 25.0 Å². The van der Waals surface area contributed by atoms with Gasteiger partial charge in [-0.05, 0) is 75.2 Å². The molecule has 4 rings (SSSR count). The smallest absolute Gasteiger partial charge is 0.315 e. The molecule has 1 heterocycles. The molecular weight excluding hydrogens is 625 g/mol. The third-order valence-corrected chi connectivity index (χ3v) is 7.67. The summed E-state index contributed by atoms with van der Waals surface area (Å²) in [6.07, 6.45) is 1.12. The third kappa shape index (κ3) is 8.06. The number of amides is 5. The molecule has 1 aliphatic heterocycles. The Balaban J connectivity index is 1.41. The van der Waals surface area contributed by atoms with Gasteiger partial charge in [-0.15, -0.1) is 0 Å². The molecule has 5 amide bonds. The van der Waals surface area contributed by atoms with E-state index in [1.54, 1.807) is 73.3 Å². The Morgan fingerprint density at radius 3 is 2.36 bits per heavy atom. The molecule has 13 nitrogen and oxygen atoms in total. The van der Waals surface area contributed by atoms with Crippen LogP contribution in [0, 0.1) is 10.1 Å². The summed E-state index contributed by atoms with van der Waals surface area (Å²) in [6, 6.07) is 17.3. The van der Waals surface area contributed by atoms with Crippen LogP contribution in [0.15, 0.2) is 77.9 Å². The van der Waals surface area contributed by atoms with Gasteiger partial charge in [0.25, 0.3) is 5.69 Å². The first-order valence-electron chi connectivity index (χ1n) is 13.9. The van der Waals surface area contributed by atoms with Gasteiger partial charge in [0.2, 0.25) is 5.91 Å². The van der Waals surface area contributed by atoms with Gasteiger partial charge >= 0.3 is 12.1 Å². The van der Waals surface area contributed by atoms with Crippen molar-refractivity contribution in [2.45, 2.75) is 44.8 Å². The molecule has 0 spiro atoms. The van der Waals surface area contributed by atoms with E-state index in [1.807, 2.05) is 0 Å². The van der Waals surface area contributed by atoms with Crippen molar-refractivity contribution < 1.29 is 24.5 Å². The van der Waals surface area contributed by atoms with Gasteiger partial charge in [0.1, 0.15) is 0 Å². The molecule has 0 saturated carbocycles. The minimum absolute atomic E-state index is 0.0898. The number of unbranched alkanes of at least 4 members (excludes halogenated alkanes) is 1. The maximum absolute atomic E-state index is 13.8. The molecule has 0 aliphatic carbocycles. The summed E-state index contributed by atoms with van der Waals surface area (Å²) in [5, 5.41) is 30.0. The van der Waals surface area contributed by atoms with Crippen molar-refractivity contribution in [2.75, 3.05) is 16.8 Å². The number of carbonyl (C=O) groups is 3. The molecule has 0 bridgehead atoms. The summed E-state index contributed by atoms with van der Waals surface area (Å²) < 4.78 is 0. The number of rotatable bonds is 11. The van der Waals surface area contributed by atoms with E-state index in [2.05, 4.69) is 15.8 Å². The lowest BCUT2D eigenvalue weighted by atomic mass is 9.99. The number of carbonyl (C=O) groups excluding carboxylic acids is 3. The fourth-order valence-electron chi connectivity index (χ4n) is 4.92. The average molecular weight is 657 g/mol. The van der Waals surface area contributed by atoms with E-state index in [9.17, 15) is 29.7 Å². The van der Waals surface area contributed by atoms with Crippen LogP contribution in [0.1, 0.15) is 38.7 Å². The van der Waals surface area contributed by atoms with Crippen LogP contribution in [0.2, 0.25) is 10.0 Å². The second kappa shape index (κ2) is 14.4. The summed E-state index contributed by atoms with van der Waals surface area (Å²) in [5.41, 5.74) is 2.50. The SMILES string of the molecule is CC1(C)[C@H](N(O)C(=O)Nc2ccc(Cl)cc2)N(c2ccc(Cl)cc2)C(=O)N1CCCCC(=O)N/N=C/c1cccc([N+](=O)[O-])c1. The number of hydrogen-bond donors (Lipinski definition) is 3. The Labute approximate surface area is 269 Å². The molecular formula is C30H31Cl2N7O6. The van der Waals surface area contributed by atoms with Crippen LogP contribution in [-0.4, -0.2) is 62.5 Å². The van der Waals surface area contributed by atoms with Crippen LogP contribution in [0.3, 0.4) is 0 Å². The zero-order valence-corrected chi connectivity index (χ0v) is 25.9. The maximum atomic E-state index is 13.8. The Hall–Kier alpha value is -4.72. The quantitative estimate of drug-likeness (QED) is 0.0703. The lowest BCUT2D eigenvalue weighted by Crippen LogP contribution is -2.58. The highest BCUT2D eigenvalue weighted by molar-refractivity contribution is 6.31. The first-order chi connectivity index (χ1) is 21.4. The number of halogens is 2. The van der Waals surface area contributed by atoms with E-state index in [0.717, 1.165) is 0 Å². The Morgan fingerprint density at radius 1 is 1.07 bits per heavy atom. The fourth-order valence-corrected chi connectivity index (χ4v) is 5.17. The van der Waals surface area contributed by atoms with Gasteiger partial charge < -0.3 is 10.2 Å². The van der Waals surface area contributed by atoms with E-state index >= 15 is 0 Å². The van der Waals surface area contributed by atoms with Crippen molar-refractivity contribution in [1.29, 1.82) is 0 Å². The van der Waals surface area contributed by atoms with E-state index in [-0.39, 0.29) is 24.6 Å². The van der Waals surface area contributed by atoms with E-state index < -0.39 is 28.7 Å². The number of benzene rings is 3. The molecule has 0 aromatic heterocycles. The normalized spacial score (nSPS) is 15.8. The molecule has 1 saturated heterocycles. The number of hydrogen-bond acceptors (Lipinski definition) is 7. The molecule has 15 heteroatoms. The molecule has 3 aromatic rings. The summed E-state index contributed by atoms with van der Waals surface area (Å²) in [5.74, 6) is -0.371. The topological polar surface area (TPSA) is 161 Å². The van der Waals surface area contributed by atoms with Crippen LogP contribution < -0.4 is 15.6 Å². The molecule has 1 atom stereocenters. The maximum Gasteiger partial charge on any atom is 0.347 e. The standard InChI is InChI=1S/C30H31Cl2N7O6/c1-30(2)27(38(43)28(41)34-23-13-9-21(31)10-14-23)37(24-15-11-22(32)12-16-24)29(42)36(30)17-4-3-8-26(40)35-33-19-20-6-5-7-25(18-20)39(44)45/h5-7,9-16,18-19,27,43H,3-4,8,17H2,1-2H3,(H,34,41)(H,35,40)/b33-19+/t27-/m0/s1. The highest BCUT2D eigenvalue weighted by Gasteiger charge is 2.55. The zero-order chi connectivity index (χ0) is 32.7. The Morgan fingerprint density at radius 2 is 1.71 bits per heavy atom. The molecule has 1 aliphatic rings. The summed E-state index contributed by atoms with van der Waals surface area (Å²) in [7, 11) is 0. The predicted molar refractivity (Wildman–Crippen MR) is 171 cm³/mol. The van der Waals surface area contributed by atoms with Gasteiger partial charge in [-0.25, -0.2) is 15.0 Å². The Kier molecular flexibility index (Phi) is 10.6. The number of nitro groups is 1. The van der Waals surface area contributed by atoms with Crippen molar-refractivity contribution in [3.8, 4) is 0 Å². The summed E-state index contributed by atoms with van der Waals surface area (Å²) in [4.78, 5) is 52.5. The largest absolute Gasteiger partial charge is 0.347 e. The molecule has 3 N–H and O–H groups in total. The average Bonchev–Trinajstić information content (AvgIpc) is 3.20. The Bertz CT molecular complexity index is 1580. The molecule has 45 heavy (non-hydrogen) atoms. The second-order valence-electron chi connectivity index (χ2n) is 10.7. The van der Waals surface area contributed by atoms with Gasteiger partial charge in [0.15, 0.2) is 6.17 Å². The van der Waals surface area contributed by atoms with E-state index in [0.29, 0.717) is 44.9 Å². The first-order valence-corrected chi connectivity index (χ1v) is 14.6. The van der Waals surface area contributed by atoms with Gasteiger partial charge in [0, 0.05) is 52.1 Å². The van der Waals surface area contributed by atoms with Crippen molar-refractivity contribution in [3.63, 3.8) is 0 Å². The number of hydrazone groups is 1. The molecule has 3 aromatic carbocycles. The van der Waals surface area contributed by atoms with E-state index in [4.69, 9.17) is 23.2 Å². The number of hydroxylamine groups is 2. The summed E-state index contributed by atoms with van der Waals surface area (Å²) >= 11 is 12.0. The number of urea groups is 2. The number of nitrogens with zero attached hydrogens (tertiary/aromatic N) is 5. The molecule has 1 fully saturated rings. The van der Waals surface area contributed by atoms with Crippen molar-refractivity contribution >= 4 is 64.4 Å². The second-order valence-corrected chi connectivity index (χ2v) is 11.6. The lowest BCUT2D eigenvalue weighted by molar-refractivity contribution is -0.384. The van der Waals surface area contributed by atoms with Crippen LogP contribution in [0.25, 0.3) is 0 Å². The lowest BCUT2D eigenvalue weighted by Gasteiger charge is -2.38. The zero-order valence-electron chi connectivity index (χ0n) is 24.4. The minimum Gasteiger partial charge on any atom is -0.315 e. The van der Waals surface area contributed by atoms with Gasteiger partial charge in [-0.2, -0.15) is 10.2 Å². The van der Waals surface area contributed by atoms with E-state index in [1.165, 1.54) is 29.3 Å². The van der Waals surface area contributed by atoms with Crippen LogP contribution in [0.5, 0.6) is 0 Å². The van der Waals surface area contributed by atoms with Gasteiger partial charge in [-0.1, -0.05) is 35.3 Å². The van der Waals surface area contributed by atoms with Crippen LogP contribution >= 0.6 is 23.2 Å². The molecule has 236 valence electrons. The number of nitrogens with one attached hydrogen (secondary N) is 2. The monoisotopic (exact) mass is 655 g/mol. The first kappa shape index (κ1) is 33.2. The highest BCUT2D eigenvalue weighted by Crippen LogP contribution is 2.38. The number of nitro benzene ring substituents is 1. The van der Waals surface area contributed by atoms with Crippen molar-refractivity contribution in [3.05, 3.63) is 98.5 Å². The predicted octanol–water partition coefficient (Wildman–Crippen LogP) is 6.49. The van der Waals surface area contributed by atoms with Crippen LogP contribution in [-0.2, 0) is 4.79 Å². The number of non-ortho nitro benzene ring substituents is 1. The van der Waals surface area contributed by atoms with Crippen molar-refractivity contribution in [1.82, 2.24) is 15.4 Å². The highest BCUT2D eigenvalue weighted by atomic mass is 35.5.